The van der Waals surface area contributed by atoms with Gasteiger partial charge in [-0.05, 0) is 37.5 Å². The number of rotatable bonds is 0. The van der Waals surface area contributed by atoms with E-state index in [0.717, 1.165) is 19.3 Å². The lowest BCUT2D eigenvalue weighted by Crippen LogP contribution is -2.48. The van der Waals surface area contributed by atoms with Crippen molar-refractivity contribution in [1.82, 2.24) is 0 Å². The van der Waals surface area contributed by atoms with Crippen molar-refractivity contribution in [3.8, 4) is 0 Å². The third kappa shape index (κ3) is 1.60. The standard InChI is InChI=1S/C15H24O3/c1-9-12(16)5-4-10-6-13-11(7-14(9,10)2)15(3,17)8-18-13/h6,9,11-13,16-17H,4-5,7-8H2,1-3H3/t9-,11+,12+,13-,14+,15+/m0/s1. The van der Waals surface area contributed by atoms with Crippen molar-refractivity contribution in [2.24, 2.45) is 17.3 Å². The van der Waals surface area contributed by atoms with Crippen molar-refractivity contribution < 1.29 is 14.9 Å². The Labute approximate surface area is 109 Å². The van der Waals surface area contributed by atoms with Gasteiger partial charge in [-0.1, -0.05) is 25.5 Å². The minimum atomic E-state index is -0.724. The first-order chi connectivity index (χ1) is 8.34. The molecular formula is C15H24O3. The average molecular weight is 252 g/mol. The Morgan fingerprint density at radius 1 is 1.39 bits per heavy atom. The molecule has 18 heavy (non-hydrogen) atoms. The third-order valence-electron chi connectivity index (χ3n) is 5.80. The van der Waals surface area contributed by atoms with Crippen LogP contribution in [0.3, 0.4) is 0 Å². The lowest BCUT2D eigenvalue weighted by molar-refractivity contribution is -0.0312. The van der Waals surface area contributed by atoms with E-state index >= 15 is 0 Å². The number of hydrogen-bond acceptors (Lipinski definition) is 3. The highest BCUT2D eigenvalue weighted by Crippen LogP contribution is 2.55. The van der Waals surface area contributed by atoms with E-state index in [2.05, 4.69) is 19.9 Å². The zero-order valence-corrected chi connectivity index (χ0v) is 11.5. The summed E-state index contributed by atoms with van der Waals surface area (Å²) in [7, 11) is 0. The van der Waals surface area contributed by atoms with Crippen molar-refractivity contribution in [3.63, 3.8) is 0 Å². The number of aliphatic hydroxyl groups excluding tert-OH is 1. The summed E-state index contributed by atoms with van der Waals surface area (Å²) in [6.07, 6.45) is 4.85. The van der Waals surface area contributed by atoms with E-state index in [1.54, 1.807) is 0 Å². The summed E-state index contributed by atoms with van der Waals surface area (Å²) in [5.74, 6) is 0.425. The molecule has 2 aliphatic carbocycles. The van der Waals surface area contributed by atoms with E-state index < -0.39 is 5.60 Å². The molecule has 1 heterocycles. The van der Waals surface area contributed by atoms with Crippen molar-refractivity contribution in [2.45, 2.75) is 57.8 Å². The van der Waals surface area contributed by atoms with Gasteiger partial charge >= 0.3 is 0 Å². The van der Waals surface area contributed by atoms with Gasteiger partial charge in [0.05, 0.1) is 24.4 Å². The fourth-order valence-corrected chi connectivity index (χ4v) is 4.14. The van der Waals surface area contributed by atoms with Crippen LogP contribution in [0.2, 0.25) is 0 Å². The number of aliphatic hydroxyl groups is 2. The second-order valence-electron chi connectivity index (χ2n) is 6.95. The average Bonchev–Trinajstić information content (AvgIpc) is 2.59. The van der Waals surface area contributed by atoms with E-state index in [0.29, 0.717) is 6.61 Å². The summed E-state index contributed by atoms with van der Waals surface area (Å²) in [4.78, 5) is 0. The molecule has 1 saturated carbocycles. The molecule has 0 aromatic heterocycles. The van der Waals surface area contributed by atoms with Gasteiger partial charge in [0.15, 0.2) is 0 Å². The predicted octanol–water partition coefficient (Wildman–Crippen LogP) is 1.88. The Morgan fingerprint density at radius 3 is 2.83 bits per heavy atom. The van der Waals surface area contributed by atoms with Gasteiger partial charge in [-0.2, -0.15) is 0 Å². The maximum absolute atomic E-state index is 10.4. The highest BCUT2D eigenvalue weighted by atomic mass is 16.5. The minimum Gasteiger partial charge on any atom is -0.393 e. The largest absolute Gasteiger partial charge is 0.393 e. The third-order valence-corrected chi connectivity index (χ3v) is 5.80. The quantitative estimate of drug-likeness (QED) is 0.647. The first-order valence-electron chi connectivity index (χ1n) is 7.08. The molecule has 0 unspecified atom stereocenters. The summed E-state index contributed by atoms with van der Waals surface area (Å²) >= 11 is 0. The Balaban J connectivity index is 1.97. The molecule has 3 aliphatic rings. The molecule has 0 amide bonds. The van der Waals surface area contributed by atoms with Crippen LogP contribution in [0, 0.1) is 17.3 Å². The van der Waals surface area contributed by atoms with E-state index in [1.807, 2.05) is 6.92 Å². The molecule has 1 aliphatic heterocycles. The van der Waals surface area contributed by atoms with Crippen LogP contribution in [-0.4, -0.2) is 34.6 Å². The van der Waals surface area contributed by atoms with Crippen LogP contribution in [-0.2, 0) is 4.74 Å². The minimum absolute atomic E-state index is 0.0243. The molecule has 2 fully saturated rings. The van der Waals surface area contributed by atoms with E-state index in [1.165, 1.54) is 5.57 Å². The van der Waals surface area contributed by atoms with Gasteiger partial charge in [0.25, 0.3) is 0 Å². The van der Waals surface area contributed by atoms with Crippen LogP contribution >= 0.6 is 0 Å². The van der Waals surface area contributed by atoms with Gasteiger partial charge in [-0.25, -0.2) is 0 Å². The molecule has 1 saturated heterocycles. The van der Waals surface area contributed by atoms with Crippen LogP contribution in [0.5, 0.6) is 0 Å². The Morgan fingerprint density at radius 2 is 2.11 bits per heavy atom. The van der Waals surface area contributed by atoms with Gasteiger partial charge in [0.2, 0.25) is 0 Å². The van der Waals surface area contributed by atoms with Gasteiger partial charge in [0.1, 0.15) is 0 Å². The molecule has 102 valence electrons. The smallest absolute Gasteiger partial charge is 0.0908 e. The van der Waals surface area contributed by atoms with Crippen LogP contribution in [0.15, 0.2) is 11.6 Å². The van der Waals surface area contributed by atoms with Crippen molar-refractivity contribution in [1.29, 1.82) is 0 Å². The molecule has 2 N–H and O–H groups in total. The highest BCUT2D eigenvalue weighted by Gasteiger charge is 2.54. The highest BCUT2D eigenvalue weighted by molar-refractivity contribution is 5.27. The normalized spacial score (nSPS) is 55.7. The van der Waals surface area contributed by atoms with Crippen LogP contribution in [0.1, 0.15) is 40.0 Å². The molecule has 3 rings (SSSR count). The summed E-state index contributed by atoms with van der Waals surface area (Å²) in [5.41, 5.74) is 0.730. The first-order valence-corrected chi connectivity index (χ1v) is 7.08. The monoisotopic (exact) mass is 252 g/mol. The molecular weight excluding hydrogens is 228 g/mol. The number of ether oxygens (including phenoxy) is 1. The fraction of sp³-hybridized carbons (Fsp3) is 0.867. The zero-order chi connectivity index (χ0) is 13.1. The molecule has 6 atom stereocenters. The van der Waals surface area contributed by atoms with E-state index in [-0.39, 0.29) is 29.5 Å². The molecule has 0 bridgehead atoms. The van der Waals surface area contributed by atoms with Gasteiger partial charge in [-0.15, -0.1) is 0 Å². The second kappa shape index (κ2) is 3.81. The second-order valence-corrected chi connectivity index (χ2v) is 6.95. The Hall–Kier alpha value is -0.380. The number of fused-ring (bicyclic) bond motifs is 2. The number of hydrogen-bond donors (Lipinski definition) is 2. The van der Waals surface area contributed by atoms with Crippen molar-refractivity contribution >= 4 is 0 Å². The summed E-state index contributed by atoms with van der Waals surface area (Å²) in [6.45, 7) is 6.70. The maximum Gasteiger partial charge on any atom is 0.0908 e. The van der Waals surface area contributed by atoms with E-state index in [4.69, 9.17) is 4.74 Å². The number of allylic oxidation sites excluding steroid dienone is 1. The van der Waals surface area contributed by atoms with E-state index in [9.17, 15) is 10.2 Å². The Bertz CT molecular complexity index is 387. The van der Waals surface area contributed by atoms with Crippen molar-refractivity contribution in [3.05, 3.63) is 11.6 Å². The van der Waals surface area contributed by atoms with Crippen LogP contribution in [0.4, 0.5) is 0 Å². The maximum atomic E-state index is 10.4. The van der Waals surface area contributed by atoms with Crippen LogP contribution in [0.25, 0.3) is 0 Å². The molecule has 0 aromatic carbocycles. The van der Waals surface area contributed by atoms with Crippen LogP contribution < -0.4 is 0 Å². The van der Waals surface area contributed by atoms with Crippen molar-refractivity contribution in [2.75, 3.05) is 6.61 Å². The topological polar surface area (TPSA) is 49.7 Å². The lowest BCUT2D eigenvalue weighted by Gasteiger charge is -2.50. The first kappa shape index (κ1) is 12.6. The molecule has 0 radical (unpaired) electrons. The fourth-order valence-electron chi connectivity index (χ4n) is 4.14. The van der Waals surface area contributed by atoms with Gasteiger partial charge in [-0.3, -0.25) is 0 Å². The lowest BCUT2D eigenvalue weighted by atomic mass is 9.56. The zero-order valence-electron chi connectivity index (χ0n) is 11.5. The SMILES string of the molecule is C[C@H]1[C@H](O)CCC2=C[C@@H]3OC[C@@](C)(O)[C@@H]3C[C@@]21C. The predicted molar refractivity (Wildman–Crippen MR) is 69.1 cm³/mol. The molecule has 3 heteroatoms. The summed E-state index contributed by atoms with van der Waals surface area (Å²) < 4.78 is 5.74. The van der Waals surface area contributed by atoms with Gasteiger partial charge in [0, 0.05) is 5.92 Å². The molecule has 0 aromatic rings. The Kier molecular flexibility index (Phi) is 2.68. The van der Waals surface area contributed by atoms with Gasteiger partial charge < -0.3 is 14.9 Å². The molecule has 3 nitrogen and oxygen atoms in total. The summed E-state index contributed by atoms with van der Waals surface area (Å²) in [6, 6.07) is 0. The summed E-state index contributed by atoms with van der Waals surface area (Å²) in [5, 5.41) is 20.6. The molecule has 0 spiro atoms.